The number of carbonyl (C=O) groups excluding carboxylic acids is 1. The lowest BCUT2D eigenvalue weighted by Crippen LogP contribution is -2.29. The zero-order valence-electron chi connectivity index (χ0n) is 15.9. The van der Waals surface area contributed by atoms with E-state index in [0.29, 0.717) is 11.0 Å². The molecular formula is C22H22N4O2. The van der Waals surface area contributed by atoms with Crippen molar-refractivity contribution in [2.45, 2.75) is 32.9 Å². The summed E-state index contributed by atoms with van der Waals surface area (Å²) in [6, 6.07) is 15.7. The lowest BCUT2D eigenvalue weighted by atomic mass is 10.1. The smallest absolute Gasteiger partial charge is 0.277 e. The molecule has 6 heteroatoms. The van der Waals surface area contributed by atoms with Crippen molar-refractivity contribution in [3.05, 3.63) is 76.3 Å². The Morgan fingerprint density at radius 3 is 2.79 bits per heavy atom. The molecule has 2 aromatic carbocycles. The molecule has 0 fully saturated rings. The van der Waals surface area contributed by atoms with Crippen LogP contribution < -0.4 is 10.9 Å². The van der Waals surface area contributed by atoms with E-state index in [1.54, 1.807) is 0 Å². The van der Waals surface area contributed by atoms with Gasteiger partial charge in [-0.1, -0.05) is 42.0 Å². The van der Waals surface area contributed by atoms with Crippen LogP contribution in [-0.4, -0.2) is 20.4 Å². The van der Waals surface area contributed by atoms with Crippen LogP contribution in [0.25, 0.3) is 21.9 Å². The van der Waals surface area contributed by atoms with E-state index in [2.05, 4.69) is 15.3 Å². The number of nitrogens with zero attached hydrogens (tertiary/aromatic N) is 2. The van der Waals surface area contributed by atoms with Gasteiger partial charge in [0.2, 0.25) is 5.91 Å². The van der Waals surface area contributed by atoms with Gasteiger partial charge in [-0.15, -0.1) is 0 Å². The number of H-pyrrole nitrogens is 1. The van der Waals surface area contributed by atoms with Crippen LogP contribution in [0.15, 0.2) is 59.7 Å². The summed E-state index contributed by atoms with van der Waals surface area (Å²) >= 11 is 0. The summed E-state index contributed by atoms with van der Waals surface area (Å²) < 4.78 is 1.48. The van der Waals surface area contributed by atoms with Gasteiger partial charge in [-0.3, -0.25) is 14.2 Å². The van der Waals surface area contributed by atoms with Crippen molar-refractivity contribution < 1.29 is 4.79 Å². The number of rotatable bonds is 5. The first kappa shape index (κ1) is 18.0. The molecule has 28 heavy (non-hydrogen) atoms. The molecule has 1 atom stereocenters. The first-order chi connectivity index (χ1) is 13.5. The van der Waals surface area contributed by atoms with Gasteiger partial charge in [-0.25, -0.2) is 4.98 Å². The van der Waals surface area contributed by atoms with Gasteiger partial charge >= 0.3 is 0 Å². The molecule has 0 saturated carbocycles. The van der Waals surface area contributed by atoms with Gasteiger partial charge in [0.05, 0.1) is 12.4 Å². The lowest BCUT2D eigenvalue weighted by molar-refractivity contribution is -0.121. The molecule has 0 bridgehead atoms. The fourth-order valence-electron chi connectivity index (χ4n) is 3.42. The minimum absolute atomic E-state index is 0.0806. The summed E-state index contributed by atoms with van der Waals surface area (Å²) in [7, 11) is 0. The third kappa shape index (κ3) is 3.41. The van der Waals surface area contributed by atoms with Crippen LogP contribution in [0.5, 0.6) is 0 Å². The van der Waals surface area contributed by atoms with E-state index in [4.69, 9.17) is 0 Å². The predicted molar refractivity (Wildman–Crippen MR) is 110 cm³/mol. The maximum Gasteiger partial charge on any atom is 0.277 e. The molecule has 1 amide bonds. The summed E-state index contributed by atoms with van der Waals surface area (Å²) in [5.41, 5.74) is 4.02. The summed E-state index contributed by atoms with van der Waals surface area (Å²) in [6.07, 6.45) is 1.73. The largest absolute Gasteiger partial charge is 0.350 e. The molecule has 0 aliphatic heterocycles. The van der Waals surface area contributed by atoms with Crippen molar-refractivity contribution in [1.82, 2.24) is 19.9 Å². The van der Waals surface area contributed by atoms with E-state index in [1.165, 1.54) is 10.9 Å². The fourth-order valence-corrected chi connectivity index (χ4v) is 3.42. The number of aromatic nitrogens is 3. The van der Waals surface area contributed by atoms with E-state index in [0.717, 1.165) is 22.0 Å². The summed E-state index contributed by atoms with van der Waals surface area (Å²) in [5.74, 6) is -0.101. The Balaban J connectivity index is 1.50. The van der Waals surface area contributed by atoms with Gasteiger partial charge in [0.1, 0.15) is 11.0 Å². The Labute approximate surface area is 162 Å². The number of fused-ring (bicyclic) bond motifs is 3. The molecule has 0 unspecified atom stereocenters. The van der Waals surface area contributed by atoms with Crippen LogP contribution in [0.3, 0.4) is 0 Å². The Morgan fingerprint density at radius 1 is 1.21 bits per heavy atom. The third-order valence-corrected chi connectivity index (χ3v) is 4.98. The Bertz CT molecular complexity index is 1210. The molecule has 4 aromatic rings. The highest BCUT2D eigenvalue weighted by Gasteiger charge is 2.13. The summed E-state index contributed by atoms with van der Waals surface area (Å²) in [5, 5.41) is 3.91. The molecular weight excluding hydrogens is 352 g/mol. The Kier molecular flexibility index (Phi) is 4.69. The van der Waals surface area contributed by atoms with Crippen molar-refractivity contribution in [2.75, 3.05) is 0 Å². The van der Waals surface area contributed by atoms with E-state index >= 15 is 0 Å². The number of hydrogen-bond donors (Lipinski definition) is 2. The topological polar surface area (TPSA) is 79.8 Å². The van der Waals surface area contributed by atoms with Crippen LogP contribution in [0.1, 0.15) is 30.5 Å². The van der Waals surface area contributed by atoms with Gasteiger partial charge < -0.3 is 10.3 Å². The average Bonchev–Trinajstić information content (AvgIpc) is 3.07. The monoisotopic (exact) mass is 374 g/mol. The minimum atomic E-state index is -0.164. The second kappa shape index (κ2) is 7.31. The number of aromatic amines is 1. The highest BCUT2D eigenvalue weighted by Crippen LogP contribution is 2.22. The maximum atomic E-state index is 12.8. The first-order valence-electron chi connectivity index (χ1n) is 9.35. The second-order valence-corrected chi connectivity index (χ2v) is 7.09. The van der Waals surface area contributed by atoms with Crippen LogP contribution in [-0.2, 0) is 11.3 Å². The van der Waals surface area contributed by atoms with E-state index in [1.807, 2.05) is 62.4 Å². The van der Waals surface area contributed by atoms with Crippen LogP contribution >= 0.6 is 0 Å². The highest BCUT2D eigenvalue weighted by molar-refractivity contribution is 6.04. The van der Waals surface area contributed by atoms with E-state index in [-0.39, 0.29) is 30.5 Å². The number of amides is 1. The molecule has 0 radical (unpaired) electrons. The van der Waals surface area contributed by atoms with Gasteiger partial charge in [0.15, 0.2) is 0 Å². The molecule has 0 spiro atoms. The van der Waals surface area contributed by atoms with Crippen LogP contribution in [0.4, 0.5) is 0 Å². The van der Waals surface area contributed by atoms with Gasteiger partial charge in [0, 0.05) is 23.9 Å². The lowest BCUT2D eigenvalue weighted by Gasteiger charge is -2.14. The molecule has 2 aromatic heterocycles. The third-order valence-electron chi connectivity index (χ3n) is 4.98. The zero-order valence-corrected chi connectivity index (χ0v) is 15.9. The predicted octanol–water partition coefficient (Wildman–Crippen LogP) is 3.45. The number of nitrogens with one attached hydrogen (secondary N) is 2. The maximum absolute atomic E-state index is 12.8. The molecule has 0 aliphatic carbocycles. The van der Waals surface area contributed by atoms with E-state index < -0.39 is 0 Å². The Morgan fingerprint density at radius 2 is 2.00 bits per heavy atom. The van der Waals surface area contributed by atoms with Crippen molar-refractivity contribution in [1.29, 1.82) is 0 Å². The number of carbonyl (C=O) groups is 1. The second-order valence-electron chi connectivity index (χ2n) is 7.09. The van der Waals surface area contributed by atoms with Gasteiger partial charge in [-0.2, -0.15) is 0 Å². The quantitative estimate of drug-likeness (QED) is 0.561. The molecule has 142 valence electrons. The molecule has 2 N–H and O–H groups in total. The van der Waals surface area contributed by atoms with Crippen molar-refractivity contribution >= 4 is 27.8 Å². The molecule has 0 aliphatic rings. The number of aryl methyl sites for hydroxylation is 2. The van der Waals surface area contributed by atoms with Crippen molar-refractivity contribution in [3.63, 3.8) is 0 Å². The SMILES string of the molecule is Cc1ccc2[nH]c3c(=O)n(CCC(=O)N[C@H](C)c4ccccc4)cnc3c2c1. The molecule has 4 rings (SSSR count). The number of hydrogen-bond acceptors (Lipinski definition) is 3. The van der Waals surface area contributed by atoms with Crippen molar-refractivity contribution in [3.8, 4) is 0 Å². The fraction of sp³-hybridized carbons (Fsp3) is 0.227. The van der Waals surface area contributed by atoms with Gasteiger partial charge in [0.25, 0.3) is 5.56 Å². The van der Waals surface area contributed by atoms with Crippen molar-refractivity contribution in [2.24, 2.45) is 0 Å². The number of benzene rings is 2. The van der Waals surface area contributed by atoms with E-state index in [9.17, 15) is 9.59 Å². The minimum Gasteiger partial charge on any atom is -0.350 e. The molecule has 2 heterocycles. The summed E-state index contributed by atoms with van der Waals surface area (Å²) in [6.45, 7) is 4.23. The zero-order chi connectivity index (χ0) is 19.7. The van der Waals surface area contributed by atoms with Gasteiger partial charge in [-0.05, 0) is 31.5 Å². The first-order valence-corrected chi connectivity index (χ1v) is 9.35. The average molecular weight is 374 g/mol. The standard InChI is InChI=1S/C22H22N4O2/c1-14-8-9-18-17(12-14)20-21(25-18)22(28)26(13-23-20)11-10-19(27)24-15(2)16-6-4-3-5-7-16/h3-9,12-13,15,25H,10-11H2,1-2H3,(H,24,27)/t15-/m1/s1. The van der Waals surface area contributed by atoms with Crippen LogP contribution in [0.2, 0.25) is 0 Å². The molecule has 0 saturated heterocycles. The molecule has 6 nitrogen and oxygen atoms in total. The summed E-state index contributed by atoms with van der Waals surface area (Å²) in [4.78, 5) is 32.7. The normalized spacial score (nSPS) is 12.4. The van der Waals surface area contributed by atoms with Crippen LogP contribution in [0, 0.1) is 6.92 Å². The Hall–Kier alpha value is -3.41. The highest BCUT2D eigenvalue weighted by atomic mass is 16.2.